The summed E-state index contributed by atoms with van der Waals surface area (Å²) in [4.78, 5) is 0.990. The van der Waals surface area contributed by atoms with E-state index in [2.05, 4.69) is 17.5 Å². The van der Waals surface area contributed by atoms with Gasteiger partial charge < -0.3 is 5.32 Å². The zero-order chi connectivity index (χ0) is 10.7. The number of nitrogens with one attached hydrogen (secondary N) is 1. The molecule has 1 aromatic carbocycles. The molecule has 1 fully saturated rings. The minimum Gasteiger partial charge on any atom is -0.379 e. The lowest BCUT2D eigenvalue weighted by atomic mass is 10.0. The Balaban J connectivity index is 1.86. The largest absolute Gasteiger partial charge is 0.379 e. The monoisotopic (exact) mass is 231 g/mol. The number of hydrogen-bond acceptors (Lipinski definition) is 2. The van der Waals surface area contributed by atoms with Gasteiger partial charge in [0.25, 0.3) is 0 Å². The van der Waals surface area contributed by atoms with Crippen LogP contribution in [-0.4, -0.2) is 15.5 Å². The Labute approximate surface area is 97.2 Å². The number of allylic oxidation sites excluding steroid dienone is 1. The molecule has 2 nitrogen and oxygen atoms in total. The number of hydrogen-bond donors (Lipinski definition) is 1. The van der Waals surface area contributed by atoms with Crippen LogP contribution in [0.2, 0.25) is 0 Å². The first kappa shape index (κ1) is 8.99. The van der Waals surface area contributed by atoms with E-state index in [0.29, 0.717) is 23.1 Å². The lowest BCUT2D eigenvalue weighted by Gasteiger charge is -2.34. The first-order valence-corrected chi connectivity index (χ1v) is 7.00. The van der Waals surface area contributed by atoms with Gasteiger partial charge in [-0.25, -0.2) is 0 Å². The molecular weight excluding hydrogens is 218 g/mol. The minimum atomic E-state index is -0.834. The maximum absolute atomic E-state index is 12.5. The van der Waals surface area contributed by atoms with E-state index < -0.39 is 10.8 Å². The van der Waals surface area contributed by atoms with Crippen LogP contribution in [0.3, 0.4) is 0 Å². The number of benzene rings is 1. The Morgan fingerprint density at radius 3 is 2.94 bits per heavy atom. The van der Waals surface area contributed by atoms with Gasteiger partial charge in [-0.15, -0.1) is 0 Å². The van der Waals surface area contributed by atoms with Gasteiger partial charge in [0.2, 0.25) is 0 Å². The van der Waals surface area contributed by atoms with Crippen LogP contribution < -0.4 is 5.32 Å². The molecular formula is C13H13NOS. The van der Waals surface area contributed by atoms with Crippen LogP contribution in [0.4, 0.5) is 5.69 Å². The van der Waals surface area contributed by atoms with Crippen LogP contribution in [0.15, 0.2) is 41.3 Å². The van der Waals surface area contributed by atoms with Crippen LogP contribution in [0.1, 0.15) is 6.42 Å². The van der Waals surface area contributed by atoms with Gasteiger partial charge in [-0.3, -0.25) is 4.21 Å². The van der Waals surface area contributed by atoms with Crippen LogP contribution in [0.25, 0.3) is 0 Å². The van der Waals surface area contributed by atoms with Crippen molar-refractivity contribution >= 4 is 16.5 Å². The van der Waals surface area contributed by atoms with Crippen molar-refractivity contribution < 1.29 is 4.21 Å². The van der Waals surface area contributed by atoms with E-state index in [9.17, 15) is 4.21 Å². The van der Waals surface area contributed by atoms with Crippen molar-refractivity contribution in [2.75, 3.05) is 5.32 Å². The summed E-state index contributed by atoms with van der Waals surface area (Å²) in [6.45, 7) is 0. The summed E-state index contributed by atoms with van der Waals surface area (Å²) in [5.41, 5.74) is 1.07. The van der Waals surface area contributed by atoms with Crippen molar-refractivity contribution in [3.8, 4) is 0 Å². The van der Waals surface area contributed by atoms with Crippen molar-refractivity contribution in [2.24, 2.45) is 11.8 Å². The predicted octanol–water partition coefficient (Wildman–Crippen LogP) is 2.16. The van der Waals surface area contributed by atoms with Crippen molar-refractivity contribution in [1.82, 2.24) is 0 Å². The molecule has 5 unspecified atom stereocenters. The molecule has 1 heterocycles. The fraction of sp³-hybridized carbons (Fsp3) is 0.385. The second kappa shape index (κ2) is 2.98. The third-order valence-electron chi connectivity index (χ3n) is 4.06. The second-order valence-corrected chi connectivity index (χ2v) is 6.46. The summed E-state index contributed by atoms with van der Waals surface area (Å²) in [7, 11) is -0.834. The highest BCUT2D eigenvalue weighted by Gasteiger charge is 2.50. The molecule has 3 aliphatic rings. The molecule has 0 saturated heterocycles. The summed E-state index contributed by atoms with van der Waals surface area (Å²) < 4.78 is 12.5. The third-order valence-corrected chi connectivity index (χ3v) is 5.99. The molecule has 1 N–H and O–H groups in total. The highest BCUT2D eigenvalue weighted by molar-refractivity contribution is 7.86. The number of anilines is 1. The minimum absolute atomic E-state index is 0.296. The zero-order valence-electron chi connectivity index (χ0n) is 8.80. The molecule has 4 rings (SSSR count). The second-order valence-electron chi connectivity index (χ2n) is 4.88. The van der Waals surface area contributed by atoms with E-state index in [1.54, 1.807) is 0 Å². The smallest absolute Gasteiger partial charge is 0.0665 e. The molecule has 0 amide bonds. The Morgan fingerprint density at radius 2 is 2.00 bits per heavy atom. The summed E-state index contributed by atoms with van der Waals surface area (Å²) in [5.74, 6) is 1.11. The molecule has 3 heteroatoms. The van der Waals surface area contributed by atoms with E-state index in [1.807, 2.05) is 24.3 Å². The fourth-order valence-corrected chi connectivity index (χ4v) is 5.25. The van der Waals surface area contributed by atoms with E-state index >= 15 is 0 Å². The predicted molar refractivity (Wildman–Crippen MR) is 64.8 cm³/mol. The number of para-hydroxylation sites is 1. The highest BCUT2D eigenvalue weighted by Crippen LogP contribution is 2.47. The van der Waals surface area contributed by atoms with Crippen molar-refractivity contribution in [3.63, 3.8) is 0 Å². The molecule has 0 spiro atoms. The quantitative estimate of drug-likeness (QED) is 0.693. The van der Waals surface area contributed by atoms with E-state index in [0.717, 1.165) is 10.6 Å². The van der Waals surface area contributed by atoms with Crippen LogP contribution in [0, 0.1) is 11.8 Å². The molecule has 2 aliphatic carbocycles. The standard InChI is InChI=1S/C13H13NOS/c15-16-11-4-2-1-3-10(11)14-12-8-5-6-9(7-8)13(12)16/h1-6,8-9,12-14H,7H2. The van der Waals surface area contributed by atoms with Gasteiger partial charge in [0.1, 0.15) is 0 Å². The fourth-order valence-electron chi connectivity index (χ4n) is 3.35. The van der Waals surface area contributed by atoms with Crippen molar-refractivity contribution in [3.05, 3.63) is 36.4 Å². The summed E-state index contributed by atoms with van der Waals surface area (Å²) in [5, 5.41) is 3.87. The molecule has 1 aromatic rings. The van der Waals surface area contributed by atoms with Crippen molar-refractivity contribution in [1.29, 1.82) is 0 Å². The van der Waals surface area contributed by atoms with Crippen LogP contribution in [0.5, 0.6) is 0 Å². The Hall–Kier alpha value is -1.09. The highest BCUT2D eigenvalue weighted by atomic mass is 32.2. The van der Waals surface area contributed by atoms with Gasteiger partial charge >= 0.3 is 0 Å². The molecule has 0 radical (unpaired) electrons. The van der Waals surface area contributed by atoms with Gasteiger partial charge in [0.15, 0.2) is 0 Å². The van der Waals surface area contributed by atoms with E-state index in [1.165, 1.54) is 6.42 Å². The summed E-state index contributed by atoms with van der Waals surface area (Å²) in [6, 6.07) is 8.41. The lowest BCUT2D eigenvalue weighted by Crippen LogP contribution is -2.43. The van der Waals surface area contributed by atoms with E-state index in [-0.39, 0.29) is 0 Å². The van der Waals surface area contributed by atoms with Crippen LogP contribution >= 0.6 is 0 Å². The molecule has 1 aliphatic heterocycles. The normalized spacial score (nSPS) is 42.6. The maximum atomic E-state index is 12.5. The molecule has 82 valence electrons. The molecule has 1 saturated carbocycles. The average molecular weight is 231 g/mol. The van der Waals surface area contributed by atoms with Gasteiger partial charge in [-0.2, -0.15) is 0 Å². The Kier molecular flexibility index (Phi) is 1.67. The third kappa shape index (κ3) is 0.995. The number of fused-ring (bicyclic) bond motifs is 6. The summed E-state index contributed by atoms with van der Waals surface area (Å²) >= 11 is 0. The molecule has 2 bridgehead atoms. The first-order valence-electron chi connectivity index (χ1n) is 5.79. The van der Waals surface area contributed by atoms with Gasteiger partial charge in [0.05, 0.1) is 26.6 Å². The Morgan fingerprint density at radius 1 is 1.19 bits per heavy atom. The summed E-state index contributed by atoms with van der Waals surface area (Å²) in [6.07, 6.45) is 5.74. The number of rotatable bonds is 0. The molecule has 16 heavy (non-hydrogen) atoms. The SMILES string of the molecule is O=S1c2ccccc2NC2C3C=CC(C3)C21. The van der Waals surface area contributed by atoms with Crippen LogP contribution in [-0.2, 0) is 10.8 Å². The van der Waals surface area contributed by atoms with Gasteiger partial charge in [-0.1, -0.05) is 24.3 Å². The lowest BCUT2D eigenvalue weighted by molar-refractivity contribution is 0.591. The van der Waals surface area contributed by atoms with Crippen molar-refractivity contribution in [2.45, 2.75) is 22.6 Å². The zero-order valence-corrected chi connectivity index (χ0v) is 9.61. The Bertz CT molecular complexity index is 510. The first-order chi connectivity index (χ1) is 7.84. The van der Waals surface area contributed by atoms with Gasteiger partial charge in [-0.05, 0) is 30.4 Å². The average Bonchev–Trinajstić information content (AvgIpc) is 2.90. The topological polar surface area (TPSA) is 29.1 Å². The maximum Gasteiger partial charge on any atom is 0.0665 e. The van der Waals surface area contributed by atoms with Gasteiger partial charge in [0, 0.05) is 6.04 Å². The molecule has 0 aromatic heterocycles. The van der Waals surface area contributed by atoms with E-state index in [4.69, 9.17) is 0 Å². The molecule has 5 atom stereocenters.